The van der Waals surface area contributed by atoms with E-state index in [9.17, 15) is 8.78 Å². The van der Waals surface area contributed by atoms with Gasteiger partial charge in [-0.05, 0) is 12.1 Å². The molecule has 0 amide bonds. The maximum Gasteiger partial charge on any atom is 0.257 e. The summed E-state index contributed by atoms with van der Waals surface area (Å²) in [5, 5.41) is 0. The van der Waals surface area contributed by atoms with Crippen LogP contribution < -0.4 is 10.5 Å². The van der Waals surface area contributed by atoms with Gasteiger partial charge in [0.15, 0.2) is 0 Å². The van der Waals surface area contributed by atoms with Crippen molar-refractivity contribution < 1.29 is 13.5 Å². The van der Waals surface area contributed by atoms with E-state index in [1.54, 1.807) is 18.2 Å². The molecule has 0 bridgehead atoms. The number of benzene rings is 1. The van der Waals surface area contributed by atoms with Gasteiger partial charge in [0.1, 0.15) is 5.75 Å². The van der Waals surface area contributed by atoms with Crippen LogP contribution in [0.25, 0.3) is 0 Å². The van der Waals surface area contributed by atoms with Crippen molar-refractivity contribution in [3.05, 3.63) is 28.2 Å². The molecule has 2 N–H and O–H groups in total. The van der Waals surface area contributed by atoms with Crippen LogP contribution in [0, 0.1) is 0 Å². The van der Waals surface area contributed by atoms with Gasteiger partial charge < -0.3 is 10.5 Å². The SMILES string of the molecule is COc1cccc(Br)c1C(N)C(F)F. The molecule has 1 atom stereocenters. The van der Waals surface area contributed by atoms with Crippen molar-refractivity contribution in [2.45, 2.75) is 12.5 Å². The molecule has 0 aliphatic heterocycles. The molecule has 0 saturated carbocycles. The molecule has 5 heteroatoms. The molecule has 0 saturated heterocycles. The quantitative estimate of drug-likeness (QED) is 0.912. The van der Waals surface area contributed by atoms with E-state index in [2.05, 4.69) is 15.9 Å². The van der Waals surface area contributed by atoms with E-state index in [1.807, 2.05) is 0 Å². The highest BCUT2D eigenvalue weighted by Gasteiger charge is 2.23. The van der Waals surface area contributed by atoms with Crippen LogP contribution in [0.5, 0.6) is 5.75 Å². The van der Waals surface area contributed by atoms with Crippen LogP contribution in [0.4, 0.5) is 8.78 Å². The van der Waals surface area contributed by atoms with Crippen LogP contribution in [0.3, 0.4) is 0 Å². The minimum Gasteiger partial charge on any atom is -0.496 e. The van der Waals surface area contributed by atoms with Crippen LogP contribution in [0.1, 0.15) is 11.6 Å². The van der Waals surface area contributed by atoms with Crippen LogP contribution in [-0.4, -0.2) is 13.5 Å². The number of halogens is 3. The monoisotopic (exact) mass is 265 g/mol. The van der Waals surface area contributed by atoms with Crippen molar-refractivity contribution in [3.63, 3.8) is 0 Å². The largest absolute Gasteiger partial charge is 0.496 e. The van der Waals surface area contributed by atoms with Crippen molar-refractivity contribution in [1.29, 1.82) is 0 Å². The zero-order valence-corrected chi connectivity index (χ0v) is 9.09. The Bertz CT molecular complexity index is 320. The summed E-state index contributed by atoms with van der Waals surface area (Å²) in [7, 11) is 1.42. The molecule has 0 aliphatic rings. The second-order valence-electron chi connectivity index (χ2n) is 2.72. The van der Waals surface area contributed by atoms with Crippen molar-refractivity contribution in [2.75, 3.05) is 7.11 Å². The van der Waals surface area contributed by atoms with Crippen molar-refractivity contribution >= 4 is 15.9 Å². The van der Waals surface area contributed by atoms with Gasteiger partial charge in [-0.2, -0.15) is 0 Å². The molecular weight excluding hydrogens is 256 g/mol. The van der Waals surface area contributed by atoms with Crippen LogP contribution in [0.15, 0.2) is 22.7 Å². The van der Waals surface area contributed by atoms with Gasteiger partial charge in [0.25, 0.3) is 6.43 Å². The highest BCUT2D eigenvalue weighted by atomic mass is 79.9. The van der Waals surface area contributed by atoms with Crippen molar-refractivity contribution in [3.8, 4) is 5.75 Å². The third-order valence-electron chi connectivity index (χ3n) is 1.84. The standard InChI is InChI=1S/C9H10BrF2NO/c1-14-6-4-2-3-5(10)7(6)8(13)9(11)12/h2-4,8-9H,13H2,1H3. The molecule has 2 nitrogen and oxygen atoms in total. The Morgan fingerprint density at radius 2 is 2.07 bits per heavy atom. The van der Waals surface area contributed by atoms with Gasteiger partial charge in [-0.15, -0.1) is 0 Å². The maximum atomic E-state index is 12.4. The van der Waals surface area contributed by atoms with E-state index in [0.717, 1.165) is 0 Å². The van der Waals surface area contributed by atoms with E-state index >= 15 is 0 Å². The summed E-state index contributed by atoms with van der Waals surface area (Å²) in [5.41, 5.74) is 5.65. The number of methoxy groups -OCH3 is 1. The predicted molar refractivity (Wildman–Crippen MR) is 53.6 cm³/mol. The number of hydrogen-bond acceptors (Lipinski definition) is 2. The molecule has 1 aromatic rings. The summed E-state index contributed by atoms with van der Waals surface area (Å²) >= 11 is 3.16. The van der Waals surface area contributed by atoms with Gasteiger partial charge in [0.2, 0.25) is 0 Å². The summed E-state index contributed by atoms with van der Waals surface area (Å²) in [4.78, 5) is 0. The lowest BCUT2D eigenvalue weighted by Gasteiger charge is -2.16. The molecule has 0 fully saturated rings. The summed E-state index contributed by atoms with van der Waals surface area (Å²) < 4.78 is 30.3. The predicted octanol–water partition coefficient (Wildman–Crippen LogP) is 2.72. The first-order chi connectivity index (χ1) is 6.57. The summed E-state index contributed by atoms with van der Waals surface area (Å²) in [6.07, 6.45) is -2.61. The first-order valence-corrected chi connectivity index (χ1v) is 4.73. The molecule has 1 unspecified atom stereocenters. The van der Waals surface area contributed by atoms with E-state index < -0.39 is 12.5 Å². The fourth-order valence-electron chi connectivity index (χ4n) is 1.14. The zero-order chi connectivity index (χ0) is 10.7. The van der Waals surface area contributed by atoms with Gasteiger partial charge >= 0.3 is 0 Å². The number of ether oxygens (including phenoxy) is 1. The fraction of sp³-hybridized carbons (Fsp3) is 0.333. The fourth-order valence-corrected chi connectivity index (χ4v) is 1.76. The third kappa shape index (κ3) is 2.22. The number of hydrogen-bond donors (Lipinski definition) is 1. The number of rotatable bonds is 3. The maximum absolute atomic E-state index is 12.4. The van der Waals surface area contributed by atoms with Crippen LogP contribution in [0.2, 0.25) is 0 Å². The van der Waals surface area contributed by atoms with Gasteiger partial charge in [-0.1, -0.05) is 22.0 Å². The Labute approximate surface area is 89.2 Å². The molecule has 1 aromatic carbocycles. The Hall–Kier alpha value is -0.680. The second-order valence-corrected chi connectivity index (χ2v) is 3.57. The molecule has 78 valence electrons. The van der Waals surface area contributed by atoms with E-state index in [1.165, 1.54) is 7.11 Å². The van der Waals surface area contributed by atoms with Gasteiger partial charge in [-0.25, -0.2) is 8.78 Å². The molecule has 0 aliphatic carbocycles. The Morgan fingerprint density at radius 1 is 1.43 bits per heavy atom. The lowest BCUT2D eigenvalue weighted by molar-refractivity contribution is 0.115. The zero-order valence-electron chi connectivity index (χ0n) is 7.51. The van der Waals surface area contributed by atoms with Crippen molar-refractivity contribution in [2.24, 2.45) is 5.73 Å². The average Bonchev–Trinajstić information content (AvgIpc) is 2.16. The summed E-state index contributed by atoms with van der Waals surface area (Å²) in [6, 6.07) is 3.62. The van der Waals surface area contributed by atoms with Crippen LogP contribution in [-0.2, 0) is 0 Å². The molecule has 0 spiro atoms. The lowest BCUT2D eigenvalue weighted by atomic mass is 10.1. The first kappa shape index (κ1) is 11.4. The molecular formula is C9H10BrF2NO. The molecule has 14 heavy (non-hydrogen) atoms. The topological polar surface area (TPSA) is 35.2 Å². The second kappa shape index (κ2) is 4.70. The highest BCUT2D eigenvalue weighted by Crippen LogP contribution is 2.33. The molecule has 1 rings (SSSR count). The smallest absolute Gasteiger partial charge is 0.257 e. The molecule has 0 radical (unpaired) electrons. The van der Waals surface area contributed by atoms with E-state index in [0.29, 0.717) is 15.8 Å². The molecule has 0 heterocycles. The van der Waals surface area contributed by atoms with Gasteiger partial charge in [0.05, 0.1) is 13.2 Å². The Balaban J connectivity index is 3.16. The Kier molecular flexibility index (Phi) is 3.83. The third-order valence-corrected chi connectivity index (χ3v) is 2.53. The van der Waals surface area contributed by atoms with E-state index in [4.69, 9.17) is 10.5 Å². The normalized spacial score (nSPS) is 13.0. The highest BCUT2D eigenvalue weighted by molar-refractivity contribution is 9.10. The average molecular weight is 266 g/mol. The first-order valence-electron chi connectivity index (χ1n) is 3.94. The summed E-state index contributed by atoms with van der Waals surface area (Å²) in [6.45, 7) is 0. The minimum absolute atomic E-state index is 0.296. The molecule has 0 aromatic heterocycles. The van der Waals surface area contributed by atoms with Gasteiger partial charge in [-0.3, -0.25) is 0 Å². The van der Waals surface area contributed by atoms with Crippen molar-refractivity contribution in [1.82, 2.24) is 0 Å². The summed E-state index contributed by atoms with van der Waals surface area (Å²) in [5.74, 6) is 0.368. The number of nitrogens with two attached hydrogens (primary N) is 1. The Morgan fingerprint density at radius 3 is 2.57 bits per heavy atom. The van der Waals surface area contributed by atoms with Gasteiger partial charge in [0, 0.05) is 10.0 Å². The van der Waals surface area contributed by atoms with Crippen LogP contribution >= 0.6 is 15.9 Å². The number of alkyl halides is 2. The minimum atomic E-state index is -2.61. The lowest BCUT2D eigenvalue weighted by Crippen LogP contribution is -2.20. The van der Waals surface area contributed by atoms with E-state index in [-0.39, 0.29) is 0 Å².